The average Bonchev–Trinajstić information content (AvgIpc) is 2.81. The molecule has 2 aromatic rings. The summed E-state index contributed by atoms with van der Waals surface area (Å²) in [6, 6.07) is 5.22. The molecule has 1 aromatic heterocycles. The lowest BCUT2D eigenvalue weighted by Crippen LogP contribution is -2.49. The molecule has 1 saturated heterocycles. The van der Waals surface area contributed by atoms with E-state index in [1.165, 1.54) is 30.2 Å². The Labute approximate surface area is 222 Å². The van der Waals surface area contributed by atoms with E-state index in [-0.39, 0.29) is 41.7 Å². The number of hydrogen-bond acceptors (Lipinski definition) is 9. The minimum atomic E-state index is -3.66. The highest BCUT2D eigenvalue weighted by atomic mass is 32.2. The monoisotopic (exact) mass is 566 g/mol. The van der Waals surface area contributed by atoms with Crippen LogP contribution in [0.1, 0.15) is 43.1 Å². The molecule has 3 rings (SSSR count). The molecule has 2 N–H and O–H groups in total. The number of urea groups is 1. The third kappa shape index (κ3) is 6.85. The highest BCUT2D eigenvalue weighted by molar-refractivity contribution is 7.92. The number of sulfone groups is 1. The summed E-state index contributed by atoms with van der Waals surface area (Å²) in [6.45, 7) is 5.88. The number of amides is 4. The van der Waals surface area contributed by atoms with Crippen LogP contribution in [0.5, 0.6) is 5.75 Å². The van der Waals surface area contributed by atoms with Gasteiger partial charge in [0.1, 0.15) is 17.4 Å². The molecule has 0 spiro atoms. The number of ether oxygens (including phenoxy) is 1. The second-order valence-electron chi connectivity index (χ2n) is 9.59. The molecule has 0 saturated carbocycles. The van der Waals surface area contributed by atoms with Crippen LogP contribution in [0, 0.1) is 0 Å². The zero-order valence-electron chi connectivity index (χ0n) is 21.4. The van der Waals surface area contributed by atoms with Crippen LogP contribution in [0.4, 0.5) is 22.0 Å². The maximum absolute atomic E-state index is 13.4. The van der Waals surface area contributed by atoms with E-state index in [1.807, 2.05) is 20.8 Å². The fourth-order valence-corrected chi connectivity index (χ4v) is 5.51. The van der Waals surface area contributed by atoms with E-state index in [0.717, 1.165) is 12.5 Å². The maximum Gasteiger partial charge on any atom is 0.328 e. The van der Waals surface area contributed by atoms with Gasteiger partial charge in [-0.05, 0) is 29.7 Å². The zero-order chi connectivity index (χ0) is 28.4. The Bertz CT molecular complexity index is 1390. The number of benzene rings is 1. The average molecular weight is 567 g/mol. The number of imide groups is 1. The third-order valence-corrected chi connectivity index (χ3v) is 7.10. The van der Waals surface area contributed by atoms with Crippen LogP contribution in [-0.2, 0) is 31.3 Å². The van der Waals surface area contributed by atoms with Gasteiger partial charge < -0.3 is 14.6 Å². The van der Waals surface area contributed by atoms with E-state index in [2.05, 4.69) is 15.6 Å². The highest BCUT2D eigenvalue weighted by Gasteiger charge is 2.30. The molecule has 38 heavy (non-hydrogen) atoms. The summed E-state index contributed by atoms with van der Waals surface area (Å²) in [4.78, 5) is 42.9. The van der Waals surface area contributed by atoms with Crippen LogP contribution < -0.4 is 24.6 Å². The first-order valence-electron chi connectivity index (χ1n) is 11.3. The summed E-state index contributed by atoms with van der Waals surface area (Å²) in [6.07, 6.45) is 2.11. The second-order valence-corrected chi connectivity index (χ2v) is 12.6. The molecule has 13 nitrogen and oxygen atoms in total. The van der Waals surface area contributed by atoms with Crippen molar-refractivity contribution < 1.29 is 36.3 Å². The number of nitrogens with zero attached hydrogens (tertiary/aromatic N) is 3. The topological polar surface area (TPSA) is 178 Å². The summed E-state index contributed by atoms with van der Waals surface area (Å²) >= 11 is -2.87. The van der Waals surface area contributed by atoms with Crippen LogP contribution in [0.3, 0.4) is 0 Å². The number of carbonyl (C=O) groups is 3. The summed E-state index contributed by atoms with van der Waals surface area (Å²) in [5.41, 5.74) is 0.635. The normalized spacial score (nSPS) is 15.1. The summed E-state index contributed by atoms with van der Waals surface area (Å²) < 4.78 is 52.4. The highest BCUT2D eigenvalue weighted by Crippen LogP contribution is 2.38. The van der Waals surface area contributed by atoms with E-state index in [9.17, 15) is 31.6 Å². The van der Waals surface area contributed by atoms with Gasteiger partial charge in [-0.1, -0.05) is 20.8 Å². The van der Waals surface area contributed by atoms with Gasteiger partial charge in [0, 0.05) is 41.7 Å². The van der Waals surface area contributed by atoms with Crippen molar-refractivity contribution >= 4 is 56.1 Å². The Morgan fingerprint density at radius 1 is 1.29 bits per heavy atom. The Morgan fingerprint density at radius 2 is 1.97 bits per heavy atom. The minimum absolute atomic E-state index is 0.0120. The molecule has 4 amide bonds. The van der Waals surface area contributed by atoms with Gasteiger partial charge in [0.25, 0.3) is 5.91 Å². The van der Waals surface area contributed by atoms with Crippen LogP contribution in [0.2, 0.25) is 0 Å². The van der Waals surface area contributed by atoms with Gasteiger partial charge in [-0.25, -0.2) is 18.2 Å². The number of hydrogen-bond donors (Lipinski definition) is 2. The van der Waals surface area contributed by atoms with Crippen LogP contribution in [-0.4, -0.2) is 65.8 Å². The lowest BCUT2D eigenvalue weighted by Gasteiger charge is -2.30. The SMILES string of the molecule is COc1c(C(=O)Nc2ccc(N(CS(C)(=O)=O)S(=O)[O-])cn2)cc(N2CCC(=O)NC2=O)cc1C(C)(C)C. The standard InChI is InChI=1S/C23H29N5O8S2/c1-23(2,3)17-11-15(27-9-8-19(29)26-22(27)31)10-16(20(17)36-4)21(30)25-18-7-6-14(12-24-18)28(37(32)33)13-38(5,34)35/h6-7,10-12H,8-9,13H2,1-5H3,(H,32,33)(H,24,25,30)(H,26,29,31)/p-1. The van der Waals surface area contributed by atoms with Crippen molar-refractivity contribution in [2.24, 2.45) is 0 Å². The fourth-order valence-electron chi connectivity index (χ4n) is 3.73. The van der Waals surface area contributed by atoms with Crippen LogP contribution in [0.15, 0.2) is 30.5 Å². The lowest BCUT2D eigenvalue weighted by atomic mass is 9.84. The van der Waals surface area contributed by atoms with Gasteiger partial charge in [-0.3, -0.25) is 28.3 Å². The second kappa shape index (κ2) is 11.0. The molecule has 1 aliphatic heterocycles. The Hall–Kier alpha value is -3.56. The smallest absolute Gasteiger partial charge is 0.328 e. The Balaban J connectivity index is 1.97. The number of methoxy groups -OCH3 is 1. The summed E-state index contributed by atoms with van der Waals surface area (Å²) in [5, 5.41) is 4.87. The fraction of sp³-hybridized carbons (Fsp3) is 0.391. The Kier molecular flexibility index (Phi) is 8.43. The molecule has 0 aliphatic carbocycles. The van der Waals surface area contributed by atoms with Crippen LogP contribution >= 0.6 is 0 Å². The van der Waals surface area contributed by atoms with E-state index >= 15 is 0 Å². The van der Waals surface area contributed by atoms with Crippen molar-refractivity contribution in [2.75, 3.05) is 40.3 Å². The summed E-state index contributed by atoms with van der Waals surface area (Å²) in [7, 11) is -2.24. The molecule has 0 bridgehead atoms. The van der Waals surface area contributed by atoms with Gasteiger partial charge >= 0.3 is 6.03 Å². The largest absolute Gasteiger partial charge is 0.755 e. The van der Waals surface area contributed by atoms with Crippen LogP contribution in [0.25, 0.3) is 0 Å². The molecule has 1 fully saturated rings. The quantitative estimate of drug-likeness (QED) is 0.450. The first-order valence-corrected chi connectivity index (χ1v) is 14.4. The van der Waals surface area contributed by atoms with E-state index in [0.29, 0.717) is 15.6 Å². The molecule has 1 atom stereocenters. The third-order valence-electron chi connectivity index (χ3n) is 5.51. The number of nitrogens with one attached hydrogen (secondary N) is 2. The molecule has 1 unspecified atom stereocenters. The van der Waals surface area contributed by atoms with Crippen molar-refractivity contribution in [1.82, 2.24) is 10.3 Å². The predicted octanol–water partition coefficient (Wildman–Crippen LogP) is 1.69. The maximum atomic E-state index is 13.4. The van der Waals surface area contributed by atoms with E-state index in [4.69, 9.17) is 4.74 Å². The van der Waals surface area contributed by atoms with Gasteiger partial charge in [0.2, 0.25) is 5.91 Å². The molecule has 1 aliphatic rings. The zero-order valence-corrected chi connectivity index (χ0v) is 23.1. The first kappa shape index (κ1) is 29.0. The molecular weight excluding hydrogens is 538 g/mol. The first-order chi connectivity index (χ1) is 17.6. The molecular formula is C23H28N5O8S2-. The Morgan fingerprint density at radius 3 is 2.47 bits per heavy atom. The number of aromatic nitrogens is 1. The molecule has 2 heterocycles. The van der Waals surface area contributed by atoms with E-state index in [1.54, 1.807) is 6.07 Å². The van der Waals surface area contributed by atoms with Crippen molar-refractivity contribution in [2.45, 2.75) is 32.6 Å². The molecule has 0 radical (unpaired) electrons. The number of rotatable bonds is 8. The van der Waals surface area contributed by atoms with E-state index < -0.39 is 44.3 Å². The van der Waals surface area contributed by atoms with Gasteiger partial charge in [0.15, 0.2) is 9.84 Å². The number of anilines is 3. The van der Waals surface area contributed by atoms with Crippen molar-refractivity contribution in [1.29, 1.82) is 0 Å². The number of carbonyl (C=O) groups excluding carboxylic acids is 3. The van der Waals surface area contributed by atoms with Crippen molar-refractivity contribution in [3.63, 3.8) is 0 Å². The van der Waals surface area contributed by atoms with Gasteiger partial charge in [-0.15, -0.1) is 0 Å². The number of pyridine rings is 1. The van der Waals surface area contributed by atoms with Gasteiger partial charge in [0.05, 0.1) is 24.6 Å². The molecule has 206 valence electrons. The van der Waals surface area contributed by atoms with Gasteiger partial charge in [-0.2, -0.15) is 0 Å². The lowest BCUT2D eigenvalue weighted by molar-refractivity contribution is -0.120. The molecule has 15 heteroatoms. The summed E-state index contributed by atoms with van der Waals surface area (Å²) in [5.74, 6) is -1.44. The minimum Gasteiger partial charge on any atom is -0.755 e. The molecule has 1 aromatic carbocycles. The van der Waals surface area contributed by atoms with Crippen molar-refractivity contribution in [3.8, 4) is 5.75 Å². The predicted molar refractivity (Wildman–Crippen MR) is 140 cm³/mol. The van der Waals surface area contributed by atoms with Crippen molar-refractivity contribution in [3.05, 3.63) is 41.6 Å².